The van der Waals surface area contributed by atoms with E-state index in [1.165, 1.54) is 11.1 Å². The number of nitrogens with one attached hydrogen (secondary N) is 1. The van der Waals surface area contributed by atoms with Crippen LogP contribution in [0.3, 0.4) is 0 Å². The van der Waals surface area contributed by atoms with Gasteiger partial charge in [0.25, 0.3) is 0 Å². The molecule has 14 heavy (non-hydrogen) atoms. The fourth-order valence-electron chi connectivity index (χ4n) is 1.10. The normalized spacial score (nSPS) is 14.1. The Morgan fingerprint density at radius 2 is 2.29 bits per heavy atom. The van der Waals surface area contributed by atoms with Gasteiger partial charge in [-0.3, -0.25) is 0 Å². The average Bonchev–Trinajstić information content (AvgIpc) is 2.53. The number of hydrogen-bond acceptors (Lipinski definition) is 4. The molecule has 1 N–H and O–H groups in total. The molecule has 80 valence electrons. The van der Waals surface area contributed by atoms with Crippen molar-refractivity contribution in [2.24, 2.45) is 0 Å². The molecule has 0 amide bonds. The third-order valence-electron chi connectivity index (χ3n) is 1.89. The van der Waals surface area contributed by atoms with Crippen molar-refractivity contribution in [2.45, 2.75) is 13.0 Å². The summed E-state index contributed by atoms with van der Waals surface area (Å²) in [5.74, 6) is 0.197. The zero-order valence-corrected chi connectivity index (χ0v) is 9.99. The number of rotatable bonds is 5. The van der Waals surface area contributed by atoms with Gasteiger partial charge in [0.1, 0.15) is 9.84 Å². The molecule has 0 radical (unpaired) electrons. The molecule has 1 aromatic heterocycles. The minimum atomic E-state index is -2.85. The molecule has 0 aromatic carbocycles. The van der Waals surface area contributed by atoms with Gasteiger partial charge in [0.15, 0.2) is 0 Å². The maximum absolute atomic E-state index is 10.9. The lowest BCUT2D eigenvalue weighted by Crippen LogP contribution is -2.24. The highest BCUT2D eigenvalue weighted by atomic mass is 32.2. The number of sulfone groups is 1. The van der Waals surface area contributed by atoms with Crippen LogP contribution in [0.5, 0.6) is 0 Å². The van der Waals surface area contributed by atoms with Gasteiger partial charge in [0.05, 0.1) is 5.75 Å². The Balaban J connectivity index is 2.33. The van der Waals surface area contributed by atoms with Crippen molar-refractivity contribution in [1.29, 1.82) is 0 Å². The van der Waals surface area contributed by atoms with Gasteiger partial charge in [-0.1, -0.05) is 6.07 Å². The summed E-state index contributed by atoms with van der Waals surface area (Å²) in [5.41, 5.74) is 0. The molecule has 0 aliphatic rings. The Labute approximate surface area is 89.1 Å². The summed E-state index contributed by atoms with van der Waals surface area (Å²) >= 11 is 1.68. The van der Waals surface area contributed by atoms with Gasteiger partial charge in [-0.05, 0) is 18.4 Å². The Morgan fingerprint density at radius 1 is 1.57 bits per heavy atom. The van der Waals surface area contributed by atoms with Crippen molar-refractivity contribution in [3.05, 3.63) is 22.4 Å². The van der Waals surface area contributed by atoms with E-state index >= 15 is 0 Å². The fraction of sp³-hybridized carbons (Fsp3) is 0.556. The van der Waals surface area contributed by atoms with Gasteiger partial charge < -0.3 is 5.32 Å². The van der Waals surface area contributed by atoms with Crippen LogP contribution in [0, 0.1) is 0 Å². The Bertz CT molecular complexity index is 356. The van der Waals surface area contributed by atoms with Gasteiger partial charge in [-0.15, -0.1) is 11.3 Å². The summed E-state index contributed by atoms with van der Waals surface area (Å²) in [5, 5.41) is 5.19. The molecule has 1 rings (SSSR count). The van der Waals surface area contributed by atoms with Crippen molar-refractivity contribution in [2.75, 3.05) is 18.6 Å². The van der Waals surface area contributed by atoms with E-state index in [9.17, 15) is 8.42 Å². The van der Waals surface area contributed by atoms with Crippen molar-refractivity contribution in [3.8, 4) is 0 Å². The predicted octanol–water partition coefficient (Wildman–Crippen LogP) is 1.44. The molecule has 0 saturated heterocycles. The van der Waals surface area contributed by atoms with E-state index in [2.05, 4.69) is 5.32 Å². The lowest BCUT2D eigenvalue weighted by molar-refractivity contribution is 0.579. The van der Waals surface area contributed by atoms with Crippen molar-refractivity contribution in [3.63, 3.8) is 0 Å². The van der Waals surface area contributed by atoms with Crippen LogP contribution in [-0.4, -0.2) is 27.0 Å². The lowest BCUT2D eigenvalue weighted by Gasteiger charge is -2.10. The Kier molecular flexibility index (Phi) is 4.10. The molecule has 5 heteroatoms. The van der Waals surface area contributed by atoms with E-state index < -0.39 is 9.84 Å². The van der Waals surface area contributed by atoms with Crippen molar-refractivity contribution >= 4 is 21.2 Å². The molecule has 0 bridgehead atoms. The summed E-state index contributed by atoms with van der Waals surface area (Å²) in [6.07, 6.45) is 1.25. The van der Waals surface area contributed by atoms with Gasteiger partial charge in [0.2, 0.25) is 0 Å². The highest BCUT2D eigenvalue weighted by Crippen LogP contribution is 2.17. The van der Waals surface area contributed by atoms with E-state index in [1.807, 2.05) is 24.4 Å². The SMILES string of the molecule is C[C@H](NCCS(C)(=O)=O)c1cccs1. The third kappa shape index (κ3) is 4.21. The van der Waals surface area contributed by atoms with Gasteiger partial charge >= 0.3 is 0 Å². The molecule has 1 atom stereocenters. The third-order valence-corrected chi connectivity index (χ3v) is 3.89. The maximum atomic E-state index is 10.9. The topological polar surface area (TPSA) is 46.2 Å². The Hall–Kier alpha value is -0.390. The van der Waals surface area contributed by atoms with Crippen LogP contribution < -0.4 is 5.32 Å². The summed E-state index contributed by atoms with van der Waals surface area (Å²) in [7, 11) is -2.85. The highest BCUT2D eigenvalue weighted by molar-refractivity contribution is 7.90. The maximum Gasteiger partial charge on any atom is 0.148 e. The number of thiophene rings is 1. The van der Waals surface area contributed by atoms with Crippen molar-refractivity contribution in [1.82, 2.24) is 5.32 Å². The second-order valence-electron chi connectivity index (χ2n) is 3.32. The molecule has 0 fully saturated rings. The summed E-state index contributed by atoms with van der Waals surface area (Å²) in [4.78, 5) is 1.23. The minimum absolute atomic E-state index is 0.197. The molecule has 1 aromatic rings. The van der Waals surface area contributed by atoms with Crippen LogP contribution in [0.4, 0.5) is 0 Å². The van der Waals surface area contributed by atoms with Crippen LogP contribution in [0.25, 0.3) is 0 Å². The average molecular weight is 233 g/mol. The zero-order valence-electron chi connectivity index (χ0n) is 8.36. The van der Waals surface area contributed by atoms with Crippen LogP contribution in [0.2, 0.25) is 0 Å². The summed E-state index contributed by atoms with van der Waals surface area (Å²) in [6.45, 7) is 2.55. The minimum Gasteiger partial charge on any atom is -0.308 e. The standard InChI is InChI=1S/C9H15NO2S2/c1-8(9-4-3-6-13-9)10-5-7-14(2,11)12/h3-4,6,8,10H,5,7H2,1-2H3/t8-/m0/s1. The quantitative estimate of drug-likeness (QED) is 0.837. The lowest BCUT2D eigenvalue weighted by atomic mass is 10.3. The van der Waals surface area contributed by atoms with Gasteiger partial charge in [-0.25, -0.2) is 8.42 Å². The van der Waals surface area contributed by atoms with E-state index in [0.29, 0.717) is 6.54 Å². The summed E-state index contributed by atoms with van der Waals surface area (Å²) in [6, 6.07) is 4.27. The van der Waals surface area contributed by atoms with Crippen LogP contribution in [-0.2, 0) is 9.84 Å². The first kappa shape index (κ1) is 11.7. The van der Waals surface area contributed by atoms with Crippen LogP contribution in [0.15, 0.2) is 17.5 Å². The molecule has 0 unspecified atom stereocenters. The molecular weight excluding hydrogens is 218 g/mol. The monoisotopic (exact) mass is 233 g/mol. The molecule has 0 spiro atoms. The zero-order chi connectivity index (χ0) is 10.6. The first-order valence-corrected chi connectivity index (χ1v) is 7.37. The fourth-order valence-corrected chi connectivity index (χ4v) is 2.35. The van der Waals surface area contributed by atoms with Crippen LogP contribution in [0.1, 0.15) is 17.8 Å². The summed E-state index contributed by atoms with van der Waals surface area (Å²) < 4.78 is 21.7. The van der Waals surface area contributed by atoms with E-state index in [-0.39, 0.29) is 11.8 Å². The first-order valence-electron chi connectivity index (χ1n) is 4.43. The molecule has 3 nitrogen and oxygen atoms in total. The predicted molar refractivity (Wildman–Crippen MR) is 60.4 cm³/mol. The molecular formula is C9H15NO2S2. The van der Waals surface area contributed by atoms with E-state index in [4.69, 9.17) is 0 Å². The van der Waals surface area contributed by atoms with Gasteiger partial charge in [0, 0.05) is 23.7 Å². The Morgan fingerprint density at radius 3 is 2.79 bits per heavy atom. The van der Waals surface area contributed by atoms with Gasteiger partial charge in [-0.2, -0.15) is 0 Å². The second kappa shape index (κ2) is 4.91. The molecule has 1 heterocycles. The molecule has 0 saturated carbocycles. The first-order chi connectivity index (χ1) is 6.49. The second-order valence-corrected chi connectivity index (χ2v) is 6.56. The largest absolute Gasteiger partial charge is 0.308 e. The number of hydrogen-bond donors (Lipinski definition) is 1. The van der Waals surface area contributed by atoms with Crippen LogP contribution >= 0.6 is 11.3 Å². The van der Waals surface area contributed by atoms with E-state index in [1.54, 1.807) is 11.3 Å². The molecule has 0 aliphatic carbocycles. The highest BCUT2D eigenvalue weighted by Gasteiger charge is 2.07. The smallest absolute Gasteiger partial charge is 0.148 e. The van der Waals surface area contributed by atoms with E-state index in [0.717, 1.165) is 0 Å². The van der Waals surface area contributed by atoms with Crippen molar-refractivity contribution < 1.29 is 8.42 Å². The molecule has 0 aliphatic heterocycles.